The van der Waals surface area contributed by atoms with E-state index >= 15 is 0 Å². The summed E-state index contributed by atoms with van der Waals surface area (Å²) < 4.78 is 0. The third-order valence-corrected chi connectivity index (χ3v) is 4.43. The van der Waals surface area contributed by atoms with Gasteiger partial charge >= 0.3 is 0 Å². The molecule has 5 heteroatoms. The molecule has 0 radical (unpaired) electrons. The third kappa shape index (κ3) is 3.29. The van der Waals surface area contributed by atoms with Gasteiger partial charge in [0.2, 0.25) is 5.91 Å². The zero-order valence-electron chi connectivity index (χ0n) is 12.4. The van der Waals surface area contributed by atoms with Crippen LogP contribution in [0, 0.1) is 5.92 Å². The van der Waals surface area contributed by atoms with Gasteiger partial charge in [-0.25, -0.2) is 9.97 Å². The molecule has 0 atom stereocenters. The van der Waals surface area contributed by atoms with Crippen molar-refractivity contribution >= 4 is 17.2 Å². The average molecular weight is 301 g/mol. The lowest BCUT2D eigenvalue weighted by Crippen LogP contribution is -2.26. The van der Waals surface area contributed by atoms with Crippen molar-refractivity contribution in [2.75, 3.05) is 0 Å². The molecule has 1 aliphatic rings. The van der Waals surface area contributed by atoms with Gasteiger partial charge in [0.1, 0.15) is 5.82 Å². The fraction of sp³-hybridized carbons (Fsp3) is 0.438. The van der Waals surface area contributed by atoms with Crippen molar-refractivity contribution in [3.63, 3.8) is 0 Å². The Bertz CT molecular complexity index is 637. The van der Waals surface area contributed by atoms with Crippen molar-refractivity contribution in [2.45, 2.75) is 39.8 Å². The smallest absolute Gasteiger partial charge is 0.228 e. The lowest BCUT2D eigenvalue weighted by atomic mass is 10.1. The van der Waals surface area contributed by atoms with Crippen LogP contribution >= 0.6 is 11.3 Å². The molecule has 21 heavy (non-hydrogen) atoms. The van der Waals surface area contributed by atoms with E-state index in [0.29, 0.717) is 25.4 Å². The molecule has 0 aromatic carbocycles. The highest BCUT2D eigenvalue weighted by atomic mass is 32.1. The first-order valence-corrected chi connectivity index (χ1v) is 8.13. The lowest BCUT2D eigenvalue weighted by molar-refractivity contribution is -0.131. The summed E-state index contributed by atoms with van der Waals surface area (Å²) in [5.41, 5.74) is 2.10. The maximum absolute atomic E-state index is 12.3. The first kappa shape index (κ1) is 14.2. The molecule has 110 valence electrons. The van der Waals surface area contributed by atoms with E-state index in [-0.39, 0.29) is 5.91 Å². The molecule has 3 rings (SSSR count). The Hall–Kier alpha value is -1.75. The highest BCUT2D eigenvalue weighted by Gasteiger charge is 2.25. The standard InChI is InChI=1S/C16H19N3OS/c1-11(2)6-15-17-8-12-9-19(10-14(12)18-15)16(20)7-13-4-3-5-21-13/h3-5,8,11H,6-7,9-10H2,1-2H3. The zero-order chi connectivity index (χ0) is 14.8. The molecule has 0 saturated heterocycles. The number of hydrogen-bond donors (Lipinski definition) is 0. The van der Waals surface area contributed by atoms with E-state index in [1.54, 1.807) is 11.3 Å². The maximum atomic E-state index is 12.3. The van der Waals surface area contributed by atoms with Crippen LogP contribution in [0.3, 0.4) is 0 Å². The SMILES string of the molecule is CC(C)Cc1ncc2c(n1)CN(C(=O)Cc1cccs1)C2. The molecule has 0 bridgehead atoms. The number of rotatable bonds is 4. The second-order valence-corrected chi connectivity index (χ2v) is 6.89. The summed E-state index contributed by atoms with van der Waals surface area (Å²) in [5.74, 6) is 1.60. The van der Waals surface area contributed by atoms with Crippen molar-refractivity contribution < 1.29 is 4.79 Å². The number of amides is 1. The molecular formula is C16H19N3OS. The second kappa shape index (κ2) is 5.93. The largest absolute Gasteiger partial charge is 0.332 e. The first-order chi connectivity index (χ1) is 10.1. The number of carbonyl (C=O) groups excluding carboxylic acids is 1. The lowest BCUT2D eigenvalue weighted by Gasteiger charge is -2.14. The quantitative estimate of drug-likeness (QED) is 0.872. The molecule has 1 amide bonds. The van der Waals surface area contributed by atoms with Crippen LogP contribution in [0.4, 0.5) is 0 Å². The minimum Gasteiger partial charge on any atom is -0.332 e. The van der Waals surface area contributed by atoms with E-state index in [4.69, 9.17) is 0 Å². The van der Waals surface area contributed by atoms with Crippen molar-refractivity contribution in [1.82, 2.24) is 14.9 Å². The summed E-state index contributed by atoms with van der Waals surface area (Å²) in [5, 5.41) is 2.00. The zero-order valence-corrected chi connectivity index (χ0v) is 13.2. The van der Waals surface area contributed by atoms with Gasteiger partial charge in [0.25, 0.3) is 0 Å². The molecule has 0 aliphatic carbocycles. The minimum absolute atomic E-state index is 0.167. The van der Waals surface area contributed by atoms with E-state index < -0.39 is 0 Å². The Morgan fingerprint density at radius 1 is 1.43 bits per heavy atom. The molecule has 2 aromatic heterocycles. The van der Waals surface area contributed by atoms with Crippen LogP contribution < -0.4 is 0 Å². The number of fused-ring (bicyclic) bond motifs is 1. The second-order valence-electron chi connectivity index (χ2n) is 5.86. The molecule has 3 heterocycles. The monoisotopic (exact) mass is 301 g/mol. The van der Waals surface area contributed by atoms with Gasteiger partial charge in [-0.2, -0.15) is 0 Å². The van der Waals surface area contributed by atoms with Crippen LogP contribution in [0.2, 0.25) is 0 Å². The summed E-state index contributed by atoms with van der Waals surface area (Å²) in [4.78, 5) is 24.3. The van der Waals surface area contributed by atoms with E-state index in [1.807, 2.05) is 28.6 Å². The van der Waals surface area contributed by atoms with Gasteiger partial charge in [0.05, 0.1) is 18.7 Å². The average Bonchev–Trinajstić information content (AvgIpc) is 3.06. The van der Waals surface area contributed by atoms with Crippen molar-refractivity contribution in [3.05, 3.63) is 45.7 Å². The molecule has 1 aliphatic heterocycles. The fourth-order valence-electron chi connectivity index (χ4n) is 2.51. The fourth-order valence-corrected chi connectivity index (χ4v) is 3.20. The normalized spacial score (nSPS) is 13.8. The molecule has 4 nitrogen and oxygen atoms in total. The molecule has 0 unspecified atom stereocenters. The van der Waals surface area contributed by atoms with Gasteiger partial charge < -0.3 is 4.90 Å². The number of nitrogens with zero attached hydrogens (tertiary/aromatic N) is 3. The summed E-state index contributed by atoms with van der Waals surface area (Å²) >= 11 is 1.63. The first-order valence-electron chi connectivity index (χ1n) is 7.25. The van der Waals surface area contributed by atoms with Crippen LogP contribution in [0.5, 0.6) is 0 Å². The third-order valence-electron chi connectivity index (χ3n) is 3.56. The van der Waals surface area contributed by atoms with Gasteiger partial charge in [-0.3, -0.25) is 4.79 Å². The van der Waals surface area contributed by atoms with Crippen LogP contribution in [-0.4, -0.2) is 20.8 Å². The molecule has 2 aromatic rings. The van der Waals surface area contributed by atoms with E-state index in [1.165, 1.54) is 0 Å². The highest BCUT2D eigenvalue weighted by molar-refractivity contribution is 7.10. The number of aromatic nitrogens is 2. The van der Waals surface area contributed by atoms with E-state index in [0.717, 1.165) is 28.4 Å². The van der Waals surface area contributed by atoms with Crippen LogP contribution in [-0.2, 0) is 30.7 Å². The minimum atomic E-state index is 0.167. The van der Waals surface area contributed by atoms with Crippen LogP contribution in [0.15, 0.2) is 23.7 Å². The molecule has 0 saturated carbocycles. The molecule has 0 N–H and O–H groups in total. The van der Waals surface area contributed by atoms with Crippen LogP contribution in [0.1, 0.15) is 35.8 Å². The summed E-state index contributed by atoms with van der Waals surface area (Å²) in [7, 11) is 0. The van der Waals surface area contributed by atoms with Crippen LogP contribution in [0.25, 0.3) is 0 Å². The maximum Gasteiger partial charge on any atom is 0.228 e. The van der Waals surface area contributed by atoms with Gasteiger partial charge in [-0.05, 0) is 17.4 Å². The predicted molar refractivity (Wildman–Crippen MR) is 82.9 cm³/mol. The van der Waals surface area contributed by atoms with Gasteiger partial charge in [0, 0.05) is 29.6 Å². The number of thiophene rings is 1. The van der Waals surface area contributed by atoms with E-state index in [9.17, 15) is 4.79 Å². The Balaban J connectivity index is 1.68. The Morgan fingerprint density at radius 2 is 2.29 bits per heavy atom. The number of hydrogen-bond acceptors (Lipinski definition) is 4. The summed E-state index contributed by atoms with van der Waals surface area (Å²) in [6.07, 6.45) is 3.26. The predicted octanol–water partition coefficient (Wildman–Crippen LogP) is 2.82. The Labute approximate surface area is 128 Å². The van der Waals surface area contributed by atoms with Crippen molar-refractivity contribution in [2.24, 2.45) is 5.92 Å². The van der Waals surface area contributed by atoms with Gasteiger partial charge in [-0.1, -0.05) is 19.9 Å². The van der Waals surface area contributed by atoms with E-state index in [2.05, 4.69) is 23.8 Å². The van der Waals surface area contributed by atoms with Crippen molar-refractivity contribution in [1.29, 1.82) is 0 Å². The topological polar surface area (TPSA) is 46.1 Å². The Morgan fingerprint density at radius 3 is 3.00 bits per heavy atom. The van der Waals surface area contributed by atoms with Gasteiger partial charge in [-0.15, -0.1) is 11.3 Å². The molecule has 0 spiro atoms. The number of carbonyl (C=O) groups is 1. The summed E-state index contributed by atoms with van der Waals surface area (Å²) in [6.45, 7) is 5.58. The Kier molecular flexibility index (Phi) is 4.01. The molecule has 0 fully saturated rings. The molecular weight excluding hydrogens is 282 g/mol. The highest BCUT2D eigenvalue weighted by Crippen LogP contribution is 2.22. The summed E-state index contributed by atoms with van der Waals surface area (Å²) in [6, 6.07) is 3.99. The van der Waals surface area contributed by atoms with Crippen molar-refractivity contribution in [3.8, 4) is 0 Å². The van der Waals surface area contributed by atoms with Gasteiger partial charge in [0.15, 0.2) is 0 Å².